The summed E-state index contributed by atoms with van der Waals surface area (Å²) in [7, 11) is 0. The van der Waals surface area contributed by atoms with Crippen molar-refractivity contribution in [1.29, 1.82) is 0 Å². The van der Waals surface area contributed by atoms with Crippen molar-refractivity contribution in [1.82, 2.24) is 9.78 Å². The van der Waals surface area contributed by atoms with E-state index in [1.807, 2.05) is 0 Å². The third kappa shape index (κ3) is 4.53. The van der Waals surface area contributed by atoms with Crippen LogP contribution in [0, 0.1) is 23.3 Å². The van der Waals surface area contributed by atoms with Gasteiger partial charge in [-0.15, -0.1) is 0 Å². The maximum absolute atomic E-state index is 13.6. The second kappa shape index (κ2) is 8.05. The van der Waals surface area contributed by atoms with Gasteiger partial charge in [-0.05, 0) is 24.3 Å². The van der Waals surface area contributed by atoms with Gasteiger partial charge in [0.25, 0.3) is 5.91 Å². The number of carbonyl (C=O) groups excluding carboxylic acids is 1. The Balaban J connectivity index is 1.69. The Hall–Kier alpha value is -3.57. The van der Waals surface area contributed by atoms with E-state index in [-0.39, 0.29) is 11.8 Å². The van der Waals surface area contributed by atoms with E-state index in [2.05, 4.69) is 5.10 Å². The lowest BCUT2D eigenvalue weighted by molar-refractivity contribution is -0.137. The molecule has 0 aliphatic rings. The first-order valence-corrected chi connectivity index (χ1v) is 8.04. The predicted octanol–water partition coefficient (Wildman–Crippen LogP) is 4.75. The SMILES string of the molecule is O=C(Nc1c(F)c(F)cc(F)c1F)c1ccn(COc2cccc(C(F)(F)F)c2)n1. The number of alkyl halides is 3. The Morgan fingerprint density at radius 2 is 1.70 bits per heavy atom. The summed E-state index contributed by atoms with van der Waals surface area (Å²) in [4.78, 5) is 12.1. The molecule has 2 aromatic carbocycles. The summed E-state index contributed by atoms with van der Waals surface area (Å²) >= 11 is 0. The molecule has 0 aliphatic heterocycles. The second-order valence-corrected chi connectivity index (χ2v) is 5.84. The summed E-state index contributed by atoms with van der Waals surface area (Å²) in [6, 6.07) is 5.12. The normalized spacial score (nSPS) is 11.4. The number of aromatic nitrogens is 2. The zero-order valence-electron chi connectivity index (χ0n) is 14.6. The standard InChI is InChI=1S/C18H10F7N3O2/c19-11-7-12(20)15(22)16(14(11)21)26-17(29)13-4-5-28(27-13)8-30-10-3-1-2-9(6-10)18(23,24)25/h1-7H,8H2,(H,26,29). The fourth-order valence-corrected chi connectivity index (χ4v) is 2.32. The van der Waals surface area contributed by atoms with Crippen molar-refractivity contribution in [2.45, 2.75) is 12.9 Å². The topological polar surface area (TPSA) is 56.2 Å². The molecule has 158 valence electrons. The molecule has 0 bridgehead atoms. The van der Waals surface area contributed by atoms with Gasteiger partial charge in [0.05, 0.1) is 5.56 Å². The fraction of sp³-hybridized carbons (Fsp3) is 0.111. The van der Waals surface area contributed by atoms with Gasteiger partial charge in [0.1, 0.15) is 11.4 Å². The number of nitrogens with one attached hydrogen (secondary N) is 1. The molecule has 0 atom stereocenters. The lowest BCUT2D eigenvalue weighted by Crippen LogP contribution is -2.17. The average Bonchev–Trinajstić information content (AvgIpc) is 3.17. The van der Waals surface area contributed by atoms with Crippen molar-refractivity contribution in [2.75, 3.05) is 5.32 Å². The van der Waals surface area contributed by atoms with Gasteiger partial charge < -0.3 is 10.1 Å². The third-order valence-electron chi connectivity index (χ3n) is 3.75. The number of nitrogens with zero attached hydrogens (tertiary/aromatic N) is 2. The van der Waals surface area contributed by atoms with Crippen molar-refractivity contribution >= 4 is 11.6 Å². The van der Waals surface area contributed by atoms with Crippen molar-refractivity contribution in [3.8, 4) is 5.75 Å². The quantitative estimate of drug-likeness (QED) is 0.467. The molecule has 3 rings (SSSR count). The molecule has 0 saturated heterocycles. The molecule has 1 N–H and O–H groups in total. The van der Waals surface area contributed by atoms with E-state index in [0.717, 1.165) is 28.9 Å². The molecule has 0 unspecified atom stereocenters. The van der Waals surface area contributed by atoms with Gasteiger partial charge in [-0.1, -0.05) is 6.07 Å². The van der Waals surface area contributed by atoms with Crippen LogP contribution in [-0.4, -0.2) is 15.7 Å². The number of carbonyl (C=O) groups is 1. The Morgan fingerprint density at radius 3 is 2.33 bits per heavy atom. The summed E-state index contributed by atoms with van der Waals surface area (Å²) in [5.41, 5.74) is -2.65. The molecule has 1 aromatic heterocycles. The first-order valence-electron chi connectivity index (χ1n) is 8.04. The van der Waals surface area contributed by atoms with E-state index in [0.29, 0.717) is 0 Å². The molecule has 0 radical (unpaired) electrons. The maximum atomic E-state index is 13.6. The van der Waals surface area contributed by atoms with Gasteiger partial charge >= 0.3 is 6.18 Å². The number of rotatable bonds is 5. The van der Waals surface area contributed by atoms with Gasteiger partial charge in [-0.2, -0.15) is 18.3 Å². The fourth-order valence-electron chi connectivity index (χ4n) is 2.32. The minimum Gasteiger partial charge on any atom is -0.471 e. The number of anilines is 1. The number of amides is 1. The largest absolute Gasteiger partial charge is 0.471 e. The molecule has 0 spiro atoms. The van der Waals surface area contributed by atoms with Gasteiger partial charge in [0, 0.05) is 12.3 Å². The first-order chi connectivity index (χ1) is 14.1. The molecule has 30 heavy (non-hydrogen) atoms. The van der Waals surface area contributed by atoms with Crippen LogP contribution in [0.1, 0.15) is 16.1 Å². The van der Waals surface area contributed by atoms with E-state index >= 15 is 0 Å². The highest BCUT2D eigenvalue weighted by molar-refractivity contribution is 6.02. The molecular weight excluding hydrogens is 423 g/mol. The van der Waals surface area contributed by atoms with Crippen LogP contribution in [0.3, 0.4) is 0 Å². The van der Waals surface area contributed by atoms with Crippen LogP contribution in [0.4, 0.5) is 36.4 Å². The summed E-state index contributed by atoms with van der Waals surface area (Å²) in [5.74, 6) is -8.31. The van der Waals surface area contributed by atoms with E-state index in [4.69, 9.17) is 4.74 Å². The molecule has 1 amide bonds. The number of benzene rings is 2. The molecular formula is C18H10F7N3O2. The van der Waals surface area contributed by atoms with Crippen molar-refractivity contribution in [2.24, 2.45) is 0 Å². The van der Waals surface area contributed by atoms with Crippen LogP contribution in [0.25, 0.3) is 0 Å². The van der Waals surface area contributed by atoms with E-state index in [1.165, 1.54) is 12.3 Å². The minimum absolute atomic E-state index is 0.0137. The summed E-state index contributed by atoms with van der Waals surface area (Å²) in [5, 5.41) is 5.40. The summed E-state index contributed by atoms with van der Waals surface area (Å²) in [6.45, 7) is -0.397. The monoisotopic (exact) mass is 433 g/mol. The Labute approximate surface area is 163 Å². The Bertz CT molecular complexity index is 1070. The lowest BCUT2D eigenvalue weighted by atomic mass is 10.2. The molecule has 0 fully saturated rings. The van der Waals surface area contributed by atoms with Crippen LogP contribution >= 0.6 is 0 Å². The predicted molar refractivity (Wildman–Crippen MR) is 88.5 cm³/mol. The Kier molecular flexibility index (Phi) is 5.67. The zero-order chi connectivity index (χ0) is 22.1. The highest BCUT2D eigenvalue weighted by atomic mass is 19.4. The zero-order valence-corrected chi connectivity index (χ0v) is 14.6. The maximum Gasteiger partial charge on any atom is 0.416 e. The molecule has 5 nitrogen and oxygen atoms in total. The van der Waals surface area contributed by atoms with Crippen LogP contribution in [-0.2, 0) is 12.9 Å². The van der Waals surface area contributed by atoms with E-state index in [1.54, 1.807) is 5.32 Å². The van der Waals surface area contributed by atoms with Gasteiger partial charge in [0.2, 0.25) is 0 Å². The minimum atomic E-state index is -4.56. The van der Waals surface area contributed by atoms with Crippen LogP contribution in [0.2, 0.25) is 0 Å². The van der Waals surface area contributed by atoms with Gasteiger partial charge in [0.15, 0.2) is 35.7 Å². The van der Waals surface area contributed by atoms with E-state index in [9.17, 15) is 35.5 Å². The van der Waals surface area contributed by atoms with Crippen LogP contribution < -0.4 is 10.1 Å². The molecule has 0 saturated carbocycles. The Morgan fingerprint density at radius 1 is 1.03 bits per heavy atom. The average molecular weight is 433 g/mol. The van der Waals surface area contributed by atoms with Gasteiger partial charge in [-0.25, -0.2) is 22.2 Å². The third-order valence-corrected chi connectivity index (χ3v) is 3.75. The molecule has 3 aromatic rings. The first kappa shape index (κ1) is 21.1. The molecule has 0 aliphatic carbocycles. The highest BCUT2D eigenvalue weighted by Crippen LogP contribution is 2.31. The number of hydrogen-bond acceptors (Lipinski definition) is 3. The van der Waals surface area contributed by atoms with Crippen LogP contribution in [0.5, 0.6) is 5.75 Å². The van der Waals surface area contributed by atoms with Crippen molar-refractivity contribution < 1.29 is 40.3 Å². The molecule has 12 heteroatoms. The summed E-state index contributed by atoms with van der Waals surface area (Å²) in [6.07, 6.45) is -3.36. The number of ether oxygens (including phenoxy) is 1. The van der Waals surface area contributed by atoms with Crippen molar-refractivity contribution in [3.05, 3.63) is 77.1 Å². The van der Waals surface area contributed by atoms with Gasteiger partial charge in [-0.3, -0.25) is 4.79 Å². The summed E-state index contributed by atoms with van der Waals surface area (Å²) < 4.78 is 97.9. The van der Waals surface area contributed by atoms with E-state index < -0.39 is 59.0 Å². The smallest absolute Gasteiger partial charge is 0.416 e. The number of hydrogen-bond donors (Lipinski definition) is 1. The van der Waals surface area contributed by atoms with Crippen molar-refractivity contribution in [3.63, 3.8) is 0 Å². The second-order valence-electron chi connectivity index (χ2n) is 5.84. The molecule has 1 heterocycles. The lowest BCUT2D eigenvalue weighted by Gasteiger charge is -2.10. The number of halogens is 7. The van der Waals surface area contributed by atoms with Crippen LogP contribution in [0.15, 0.2) is 42.6 Å². The highest BCUT2D eigenvalue weighted by Gasteiger charge is 2.30.